The van der Waals surface area contributed by atoms with E-state index in [9.17, 15) is 9.18 Å². The summed E-state index contributed by atoms with van der Waals surface area (Å²) in [6.45, 7) is 2.07. The number of aromatic nitrogens is 1. The summed E-state index contributed by atoms with van der Waals surface area (Å²) in [6.07, 6.45) is 0.681. The van der Waals surface area contributed by atoms with E-state index in [0.717, 1.165) is 16.2 Å². The van der Waals surface area contributed by atoms with Crippen LogP contribution in [0, 0.1) is 5.82 Å². The minimum Gasteiger partial charge on any atom is -0.461 e. The molecule has 5 nitrogen and oxygen atoms in total. The lowest BCUT2D eigenvalue weighted by Gasteiger charge is -2.19. The maximum absolute atomic E-state index is 13.3. The molecule has 0 amide bonds. The summed E-state index contributed by atoms with van der Waals surface area (Å²) in [5, 5.41) is 10.9. The van der Waals surface area contributed by atoms with Gasteiger partial charge in [-0.2, -0.15) is 5.10 Å². The Morgan fingerprint density at radius 3 is 2.81 bits per heavy atom. The van der Waals surface area contributed by atoms with Crippen LogP contribution in [0.4, 0.5) is 9.52 Å². The Kier molecular flexibility index (Phi) is 5.00. The number of carbonyl (C=O) groups is 1. The molecule has 3 heterocycles. The molecule has 0 saturated carbocycles. The fraction of sp³-hybridized carbons (Fsp3) is 0.211. The average Bonchev–Trinajstić information content (AvgIpc) is 3.41. The lowest BCUT2D eigenvalue weighted by molar-refractivity contribution is 0.0520. The summed E-state index contributed by atoms with van der Waals surface area (Å²) in [5.74, 6) is -0.711. The zero-order valence-corrected chi connectivity index (χ0v) is 16.1. The predicted molar refractivity (Wildman–Crippen MR) is 105 cm³/mol. The normalized spacial score (nSPS) is 16.4. The number of rotatable bonds is 5. The van der Waals surface area contributed by atoms with Crippen molar-refractivity contribution < 1.29 is 13.9 Å². The quantitative estimate of drug-likeness (QED) is 0.572. The van der Waals surface area contributed by atoms with Crippen molar-refractivity contribution in [2.45, 2.75) is 19.4 Å². The first-order chi connectivity index (χ1) is 13.2. The van der Waals surface area contributed by atoms with E-state index < -0.39 is 5.97 Å². The van der Waals surface area contributed by atoms with Crippen molar-refractivity contribution in [1.29, 1.82) is 0 Å². The largest absolute Gasteiger partial charge is 0.461 e. The van der Waals surface area contributed by atoms with Crippen LogP contribution in [0.2, 0.25) is 0 Å². The maximum Gasteiger partial charge on any atom is 0.357 e. The first-order valence-corrected chi connectivity index (χ1v) is 10.2. The Hall–Kier alpha value is -2.58. The van der Waals surface area contributed by atoms with E-state index in [1.54, 1.807) is 35.8 Å². The molecule has 8 heteroatoms. The predicted octanol–water partition coefficient (Wildman–Crippen LogP) is 4.88. The van der Waals surface area contributed by atoms with Crippen molar-refractivity contribution in [3.63, 3.8) is 0 Å². The third-order valence-electron chi connectivity index (χ3n) is 4.13. The van der Waals surface area contributed by atoms with Crippen LogP contribution in [0.1, 0.15) is 40.3 Å². The molecule has 0 N–H and O–H groups in total. The molecule has 1 aliphatic heterocycles. The van der Waals surface area contributed by atoms with E-state index in [2.05, 4.69) is 11.1 Å². The molecule has 4 rings (SSSR count). The van der Waals surface area contributed by atoms with Gasteiger partial charge < -0.3 is 4.74 Å². The third kappa shape index (κ3) is 3.63. The number of carbonyl (C=O) groups excluding carboxylic acids is 1. The first-order valence-electron chi connectivity index (χ1n) is 8.44. The van der Waals surface area contributed by atoms with E-state index in [4.69, 9.17) is 9.84 Å². The molecule has 0 saturated heterocycles. The van der Waals surface area contributed by atoms with Gasteiger partial charge in [0.1, 0.15) is 5.82 Å². The molecule has 1 aromatic carbocycles. The summed E-state index contributed by atoms with van der Waals surface area (Å²) < 4.78 is 18.3. The molecule has 0 aliphatic carbocycles. The van der Waals surface area contributed by atoms with Gasteiger partial charge in [0.15, 0.2) is 5.69 Å². The van der Waals surface area contributed by atoms with Crippen LogP contribution < -0.4 is 5.01 Å². The topological polar surface area (TPSA) is 54.8 Å². The molecule has 3 aromatic rings. The lowest BCUT2D eigenvalue weighted by atomic mass is 10.0. The smallest absolute Gasteiger partial charge is 0.357 e. The second-order valence-electron chi connectivity index (χ2n) is 5.87. The van der Waals surface area contributed by atoms with Gasteiger partial charge in [-0.3, -0.25) is 0 Å². The van der Waals surface area contributed by atoms with Crippen molar-refractivity contribution in [1.82, 2.24) is 4.98 Å². The molecule has 1 unspecified atom stereocenters. The number of halogens is 1. The van der Waals surface area contributed by atoms with Gasteiger partial charge in [0, 0.05) is 16.7 Å². The molecule has 2 aromatic heterocycles. The van der Waals surface area contributed by atoms with Gasteiger partial charge in [0.05, 0.1) is 18.4 Å². The summed E-state index contributed by atoms with van der Waals surface area (Å²) in [7, 11) is 0. The molecule has 0 radical (unpaired) electrons. The van der Waals surface area contributed by atoms with Crippen molar-refractivity contribution >= 4 is 39.5 Å². The fourth-order valence-corrected chi connectivity index (χ4v) is 4.48. The fourth-order valence-electron chi connectivity index (χ4n) is 2.87. The standard InChI is InChI=1S/C19H16FN3O2S2/c1-2-25-18(24)15-11-27-19(21-15)23-16(17-4-3-9-26-17)10-14(22-23)12-5-7-13(20)8-6-12/h3-9,11,16H,2,10H2,1H3. The monoisotopic (exact) mass is 401 g/mol. The van der Waals surface area contributed by atoms with E-state index in [0.29, 0.717) is 18.2 Å². The highest BCUT2D eigenvalue weighted by Gasteiger charge is 2.32. The number of esters is 1. The van der Waals surface area contributed by atoms with Crippen LogP contribution in [0.5, 0.6) is 0 Å². The number of hydrazone groups is 1. The second-order valence-corrected chi connectivity index (χ2v) is 7.69. The van der Waals surface area contributed by atoms with Crippen LogP contribution in [-0.2, 0) is 4.74 Å². The molecular weight excluding hydrogens is 385 g/mol. The molecule has 0 bridgehead atoms. The minimum atomic E-state index is -0.436. The highest BCUT2D eigenvalue weighted by Crippen LogP contribution is 2.39. The minimum absolute atomic E-state index is 0.00810. The van der Waals surface area contributed by atoms with E-state index in [-0.39, 0.29) is 17.6 Å². The van der Waals surface area contributed by atoms with Gasteiger partial charge in [-0.1, -0.05) is 18.2 Å². The van der Waals surface area contributed by atoms with Crippen LogP contribution in [0.15, 0.2) is 52.3 Å². The number of anilines is 1. The maximum atomic E-state index is 13.3. The number of nitrogens with zero attached hydrogens (tertiary/aromatic N) is 3. The SMILES string of the molecule is CCOC(=O)c1csc(N2N=C(c3ccc(F)cc3)CC2c2cccs2)n1. The van der Waals surface area contributed by atoms with Crippen molar-refractivity contribution in [3.05, 3.63) is 69.1 Å². The molecule has 1 atom stereocenters. The van der Waals surface area contributed by atoms with Crippen LogP contribution in [0.25, 0.3) is 0 Å². The van der Waals surface area contributed by atoms with E-state index in [1.165, 1.54) is 23.5 Å². The number of thiazole rings is 1. The Morgan fingerprint density at radius 1 is 1.30 bits per heavy atom. The Balaban J connectivity index is 1.68. The summed E-state index contributed by atoms with van der Waals surface area (Å²) in [6, 6.07) is 10.4. The van der Waals surface area contributed by atoms with Gasteiger partial charge in [0.25, 0.3) is 0 Å². The van der Waals surface area contributed by atoms with Gasteiger partial charge in [-0.25, -0.2) is 19.2 Å². The average molecular weight is 401 g/mol. The lowest BCUT2D eigenvalue weighted by Crippen LogP contribution is -2.17. The van der Waals surface area contributed by atoms with E-state index in [1.807, 2.05) is 16.5 Å². The van der Waals surface area contributed by atoms with Gasteiger partial charge >= 0.3 is 5.97 Å². The Labute approximate surface area is 163 Å². The second kappa shape index (κ2) is 7.58. The highest BCUT2D eigenvalue weighted by atomic mass is 32.1. The van der Waals surface area contributed by atoms with Crippen molar-refractivity contribution in [2.75, 3.05) is 11.6 Å². The molecule has 0 spiro atoms. The van der Waals surface area contributed by atoms with Crippen LogP contribution in [-0.4, -0.2) is 23.3 Å². The number of hydrogen-bond donors (Lipinski definition) is 0. The molecule has 1 aliphatic rings. The van der Waals surface area contributed by atoms with Crippen molar-refractivity contribution in [3.8, 4) is 0 Å². The molecule has 0 fully saturated rings. The molecule has 138 valence electrons. The number of thiophene rings is 1. The number of ether oxygens (including phenoxy) is 1. The van der Waals surface area contributed by atoms with Gasteiger partial charge in [0.2, 0.25) is 5.13 Å². The zero-order chi connectivity index (χ0) is 18.8. The third-order valence-corrected chi connectivity index (χ3v) is 5.94. The highest BCUT2D eigenvalue weighted by molar-refractivity contribution is 7.14. The number of benzene rings is 1. The summed E-state index contributed by atoms with van der Waals surface area (Å²) >= 11 is 3.00. The van der Waals surface area contributed by atoms with Crippen LogP contribution in [0.3, 0.4) is 0 Å². The van der Waals surface area contributed by atoms with E-state index >= 15 is 0 Å². The molecule has 27 heavy (non-hydrogen) atoms. The number of hydrogen-bond acceptors (Lipinski definition) is 7. The zero-order valence-electron chi connectivity index (χ0n) is 14.5. The molecular formula is C19H16FN3O2S2. The van der Waals surface area contributed by atoms with Gasteiger partial charge in [-0.05, 0) is 36.1 Å². The summed E-state index contributed by atoms with van der Waals surface area (Å²) in [4.78, 5) is 17.5. The Morgan fingerprint density at radius 2 is 2.11 bits per heavy atom. The summed E-state index contributed by atoms with van der Waals surface area (Å²) in [5.41, 5.74) is 2.02. The first kappa shape index (κ1) is 17.8. The van der Waals surface area contributed by atoms with Crippen molar-refractivity contribution in [2.24, 2.45) is 5.10 Å². The van der Waals surface area contributed by atoms with Gasteiger partial charge in [-0.15, -0.1) is 22.7 Å². The van der Waals surface area contributed by atoms with Crippen LogP contribution >= 0.6 is 22.7 Å². The Bertz CT molecular complexity index is 967.